The van der Waals surface area contributed by atoms with Gasteiger partial charge in [-0.15, -0.1) is 0 Å². The van der Waals surface area contributed by atoms with E-state index in [1.165, 1.54) is 6.92 Å². The first-order chi connectivity index (χ1) is 11.1. The molecule has 4 nitrogen and oxygen atoms in total. The molecule has 0 aliphatic carbocycles. The van der Waals surface area contributed by atoms with Crippen LogP contribution in [-0.2, 0) is 4.79 Å². The number of hydrogen-bond acceptors (Lipinski definition) is 4. The largest absolute Gasteiger partial charge is 0.478 e. The lowest BCUT2D eigenvalue weighted by molar-refractivity contribution is -0.118. The van der Waals surface area contributed by atoms with Crippen LogP contribution in [0.15, 0.2) is 57.7 Å². The minimum Gasteiger partial charge on any atom is -0.478 e. The molecule has 116 valence electrons. The van der Waals surface area contributed by atoms with Gasteiger partial charge in [-0.1, -0.05) is 23.7 Å². The van der Waals surface area contributed by atoms with Gasteiger partial charge >= 0.3 is 0 Å². The molecule has 0 radical (unpaired) electrons. The van der Waals surface area contributed by atoms with Crippen LogP contribution in [0.5, 0.6) is 5.75 Å². The average molecular weight is 329 g/mol. The topological polar surface area (TPSA) is 56.5 Å². The van der Waals surface area contributed by atoms with Gasteiger partial charge in [0.1, 0.15) is 12.2 Å². The van der Waals surface area contributed by atoms with Crippen molar-refractivity contribution in [3.8, 4) is 17.1 Å². The summed E-state index contributed by atoms with van der Waals surface area (Å²) in [6.07, 6.45) is 0. The quantitative estimate of drug-likeness (QED) is 0.724. The molecule has 3 rings (SSSR count). The van der Waals surface area contributed by atoms with Crippen LogP contribution in [0, 0.1) is 0 Å². The van der Waals surface area contributed by atoms with E-state index >= 15 is 0 Å². The van der Waals surface area contributed by atoms with Crippen molar-refractivity contribution < 1.29 is 13.9 Å². The molecule has 5 heteroatoms. The summed E-state index contributed by atoms with van der Waals surface area (Å²) in [6, 6.07) is 13.8. The van der Waals surface area contributed by atoms with E-state index in [2.05, 4.69) is 0 Å². The van der Waals surface area contributed by atoms with Crippen LogP contribution in [0.1, 0.15) is 6.92 Å². The van der Waals surface area contributed by atoms with Crippen molar-refractivity contribution in [3.63, 3.8) is 0 Å². The second kappa shape index (κ2) is 6.26. The fraction of sp³-hybridized carbons (Fsp3) is 0.111. The van der Waals surface area contributed by atoms with Gasteiger partial charge in [-0.3, -0.25) is 9.59 Å². The van der Waals surface area contributed by atoms with E-state index in [-0.39, 0.29) is 29.3 Å². The normalized spacial score (nSPS) is 10.7. The Morgan fingerprint density at radius 1 is 1.13 bits per heavy atom. The fourth-order valence-corrected chi connectivity index (χ4v) is 2.35. The number of fused-ring (bicyclic) bond motifs is 1. The Morgan fingerprint density at radius 2 is 1.83 bits per heavy atom. The van der Waals surface area contributed by atoms with Crippen molar-refractivity contribution >= 4 is 28.4 Å². The molecule has 0 aliphatic heterocycles. The van der Waals surface area contributed by atoms with E-state index in [1.807, 2.05) is 0 Å². The number of rotatable bonds is 4. The smallest absolute Gasteiger partial charge is 0.235 e. The number of carbonyl (C=O) groups is 1. The van der Waals surface area contributed by atoms with Crippen LogP contribution < -0.4 is 10.2 Å². The molecule has 0 N–H and O–H groups in total. The standard InChI is InChI=1S/C18H13ClO4/c1-11(20)10-22-18-16(21)14-4-2-3-5-15(14)23-17(18)12-6-8-13(19)9-7-12/h2-9H,10H2,1H3. The number of ether oxygens (including phenoxy) is 1. The molecule has 0 unspecified atom stereocenters. The van der Waals surface area contributed by atoms with Crippen molar-refractivity contribution in [2.24, 2.45) is 0 Å². The van der Waals surface area contributed by atoms with Crippen LogP contribution in [0.3, 0.4) is 0 Å². The molecule has 0 atom stereocenters. The maximum absolute atomic E-state index is 12.7. The third-order valence-corrected chi connectivity index (χ3v) is 3.53. The van der Waals surface area contributed by atoms with Gasteiger partial charge in [-0.25, -0.2) is 0 Å². The summed E-state index contributed by atoms with van der Waals surface area (Å²) in [6.45, 7) is 1.20. The molecule has 0 fully saturated rings. The SMILES string of the molecule is CC(=O)COc1c(-c2ccc(Cl)cc2)oc2ccccc2c1=O. The minimum atomic E-state index is -0.307. The van der Waals surface area contributed by atoms with Gasteiger partial charge in [0.25, 0.3) is 0 Å². The summed E-state index contributed by atoms with van der Waals surface area (Å²) >= 11 is 5.90. The van der Waals surface area contributed by atoms with E-state index < -0.39 is 0 Å². The van der Waals surface area contributed by atoms with E-state index in [0.29, 0.717) is 21.6 Å². The van der Waals surface area contributed by atoms with E-state index in [9.17, 15) is 9.59 Å². The summed E-state index contributed by atoms with van der Waals surface area (Å²) < 4.78 is 11.3. The molecule has 2 aromatic carbocycles. The number of benzene rings is 2. The summed E-state index contributed by atoms with van der Waals surface area (Å²) in [4.78, 5) is 23.9. The molecule has 0 bridgehead atoms. The van der Waals surface area contributed by atoms with Crippen molar-refractivity contribution in [1.82, 2.24) is 0 Å². The molecular formula is C18H13ClO4. The van der Waals surface area contributed by atoms with Crippen LogP contribution in [0.2, 0.25) is 5.02 Å². The van der Waals surface area contributed by atoms with Gasteiger partial charge in [0.2, 0.25) is 11.2 Å². The molecule has 1 heterocycles. The summed E-state index contributed by atoms with van der Waals surface area (Å²) in [5.74, 6) is 0.132. The Balaban J connectivity index is 2.24. The van der Waals surface area contributed by atoms with Crippen LogP contribution >= 0.6 is 11.6 Å². The molecular weight excluding hydrogens is 316 g/mol. The van der Waals surface area contributed by atoms with Crippen molar-refractivity contribution in [2.45, 2.75) is 6.92 Å². The second-order valence-electron chi connectivity index (χ2n) is 5.08. The number of carbonyl (C=O) groups excluding carboxylic acids is 1. The average Bonchev–Trinajstić information content (AvgIpc) is 2.54. The first kappa shape index (κ1) is 15.3. The summed E-state index contributed by atoms with van der Waals surface area (Å²) in [5.41, 5.74) is 0.798. The zero-order chi connectivity index (χ0) is 16.4. The van der Waals surface area contributed by atoms with Gasteiger partial charge in [0, 0.05) is 10.6 Å². The maximum Gasteiger partial charge on any atom is 0.235 e. The Bertz CT molecular complexity index is 926. The summed E-state index contributed by atoms with van der Waals surface area (Å²) in [5, 5.41) is 0.979. The number of para-hydroxylation sites is 1. The number of hydrogen-bond donors (Lipinski definition) is 0. The third kappa shape index (κ3) is 3.12. The van der Waals surface area contributed by atoms with Crippen LogP contribution in [0.4, 0.5) is 0 Å². The monoisotopic (exact) mass is 328 g/mol. The van der Waals surface area contributed by atoms with Crippen LogP contribution in [0.25, 0.3) is 22.3 Å². The number of halogens is 1. The number of Topliss-reactive ketones (excluding diaryl/α,β-unsaturated/α-hetero) is 1. The highest BCUT2D eigenvalue weighted by Crippen LogP contribution is 2.31. The van der Waals surface area contributed by atoms with E-state index in [1.54, 1.807) is 48.5 Å². The lowest BCUT2D eigenvalue weighted by atomic mass is 10.1. The lowest BCUT2D eigenvalue weighted by Crippen LogP contribution is -2.14. The molecule has 0 spiro atoms. The molecule has 0 saturated heterocycles. The van der Waals surface area contributed by atoms with E-state index in [0.717, 1.165) is 0 Å². The molecule has 0 saturated carbocycles. The molecule has 0 amide bonds. The third-order valence-electron chi connectivity index (χ3n) is 3.28. The van der Waals surface area contributed by atoms with E-state index in [4.69, 9.17) is 20.8 Å². The predicted octanol–water partition coefficient (Wildman–Crippen LogP) is 4.08. The Labute approximate surface area is 137 Å². The molecule has 1 aromatic heterocycles. The summed E-state index contributed by atoms with van der Waals surface area (Å²) in [7, 11) is 0. The second-order valence-corrected chi connectivity index (χ2v) is 5.52. The molecule has 3 aromatic rings. The maximum atomic E-state index is 12.7. The fourth-order valence-electron chi connectivity index (χ4n) is 2.22. The van der Waals surface area contributed by atoms with Gasteiger partial charge in [-0.05, 0) is 43.3 Å². The Hall–Kier alpha value is -2.59. The van der Waals surface area contributed by atoms with Gasteiger partial charge < -0.3 is 9.15 Å². The zero-order valence-electron chi connectivity index (χ0n) is 12.3. The van der Waals surface area contributed by atoms with Gasteiger partial charge in [0.15, 0.2) is 11.5 Å². The highest BCUT2D eigenvalue weighted by molar-refractivity contribution is 6.30. The molecule has 23 heavy (non-hydrogen) atoms. The van der Waals surface area contributed by atoms with Crippen molar-refractivity contribution in [2.75, 3.05) is 6.61 Å². The van der Waals surface area contributed by atoms with Gasteiger partial charge in [0.05, 0.1) is 5.39 Å². The molecule has 0 aliphatic rings. The van der Waals surface area contributed by atoms with Crippen molar-refractivity contribution in [3.05, 3.63) is 63.8 Å². The first-order valence-corrected chi connectivity index (χ1v) is 7.38. The Morgan fingerprint density at radius 3 is 2.52 bits per heavy atom. The van der Waals surface area contributed by atoms with Gasteiger partial charge in [-0.2, -0.15) is 0 Å². The highest BCUT2D eigenvalue weighted by Gasteiger charge is 2.18. The first-order valence-electron chi connectivity index (χ1n) is 7.00. The van der Waals surface area contributed by atoms with Crippen LogP contribution in [-0.4, -0.2) is 12.4 Å². The highest BCUT2D eigenvalue weighted by atomic mass is 35.5. The minimum absolute atomic E-state index is 0.0289. The Kier molecular flexibility index (Phi) is 4.17. The van der Waals surface area contributed by atoms with Crippen molar-refractivity contribution in [1.29, 1.82) is 0 Å². The lowest BCUT2D eigenvalue weighted by Gasteiger charge is -2.10. The zero-order valence-corrected chi connectivity index (χ0v) is 13.1. The number of ketones is 1. The predicted molar refractivity (Wildman–Crippen MR) is 89.1 cm³/mol.